The minimum Gasteiger partial charge on any atom is -0.465 e. The van der Waals surface area contributed by atoms with E-state index in [-0.39, 0.29) is 5.91 Å². The molecule has 0 radical (unpaired) electrons. The van der Waals surface area contributed by atoms with Crippen LogP contribution >= 0.6 is 0 Å². The summed E-state index contributed by atoms with van der Waals surface area (Å²) in [4.78, 5) is 14.5. The van der Waals surface area contributed by atoms with Crippen LogP contribution in [0.1, 0.15) is 34.7 Å². The molecular formula is C18H22N2O2. The van der Waals surface area contributed by atoms with Gasteiger partial charge in [-0.1, -0.05) is 18.2 Å². The third kappa shape index (κ3) is 3.57. The molecule has 1 unspecified atom stereocenters. The van der Waals surface area contributed by atoms with Gasteiger partial charge in [-0.25, -0.2) is 0 Å². The van der Waals surface area contributed by atoms with E-state index in [9.17, 15) is 4.79 Å². The molecule has 1 saturated heterocycles. The Kier molecular flexibility index (Phi) is 4.59. The van der Waals surface area contributed by atoms with Gasteiger partial charge in [-0.15, -0.1) is 0 Å². The lowest BCUT2D eigenvalue weighted by Crippen LogP contribution is -2.47. The van der Waals surface area contributed by atoms with Gasteiger partial charge >= 0.3 is 0 Å². The molecule has 2 heterocycles. The van der Waals surface area contributed by atoms with Gasteiger partial charge in [0.15, 0.2) is 0 Å². The Morgan fingerprint density at radius 1 is 1.27 bits per heavy atom. The molecule has 1 aliphatic rings. The minimum atomic E-state index is 0.126. The van der Waals surface area contributed by atoms with Crippen LogP contribution in [0.4, 0.5) is 0 Å². The van der Waals surface area contributed by atoms with Gasteiger partial charge in [0, 0.05) is 24.7 Å². The van der Waals surface area contributed by atoms with E-state index in [1.54, 1.807) is 0 Å². The van der Waals surface area contributed by atoms with Crippen LogP contribution in [0.5, 0.6) is 0 Å². The first-order valence-corrected chi connectivity index (χ1v) is 7.85. The first kappa shape index (κ1) is 14.9. The van der Waals surface area contributed by atoms with Crippen LogP contribution in [-0.4, -0.2) is 29.9 Å². The van der Waals surface area contributed by atoms with Crippen molar-refractivity contribution in [1.82, 2.24) is 10.2 Å². The maximum Gasteiger partial charge on any atom is 0.253 e. The molecule has 1 aromatic heterocycles. The van der Waals surface area contributed by atoms with Crippen LogP contribution in [-0.2, 0) is 6.54 Å². The fraction of sp³-hybridized carbons (Fsp3) is 0.389. The van der Waals surface area contributed by atoms with Crippen LogP contribution in [0.15, 0.2) is 46.9 Å². The summed E-state index contributed by atoms with van der Waals surface area (Å²) in [5.74, 6) is 2.01. The van der Waals surface area contributed by atoms with Gasteiger partial charge in [-0.2, -0.15) is 0 Å². The van der Waals surface area contributed by atoms with E-state index in [1.807, 2.05) is 54.3 Å². The SMILES string of the molecule is Cc1ccc(CNC2CCCN(C(=O)c3ccccc3)C2)o1. The van der Waals surface area contributed by atoms with E-state index in [1.165, 1.54) is 0 Å². The maximum atomic E-state index is 12.5. The summed E-state index contributed by atoms with van der Waals surface area (Å²) < 4.78 is 5.58. The van der Waals surface area contributed by atoms with Crippen LogP contribution in [0.25, 0.3) is 0 Å². The number of nitrogens with one attached hydrogen (secondary N) is 1. The lowest BCUT2D eigenvalue weighted by molar-refractivity contribution is 0.0693. The molecule has 4 nitrogen and oxygen atoms in total. The summed E-state index contributed by atoms with van der Waals surface area (Å²) in [6.07, 6.45) is 2.13. The van der Waals surface area contributed by atoms with Crippen molar-refractivity contribution < 1.29 is 9.21 Å². The smallest absolute Gasteiger partial charge is 0.253 e. The van der Waals surface area contributed by atoms with Crippen molar-refractivity contribution in [3.8, 4) is 0 Å². The van der Waals surface area contributed by atoms with Gasteiger partial charge in [0.1, 0.15) is 11.5 Å². The quantitative estimate of drug-likeness (QED) is 0.944. The fourth-order valence-corrected chi connectivity index (χ4v) is 2.92. The van der Waals surface area contributed by atoms with Gasteiger partial charge in [0.25, 0.3) is 5.91 Å². The van der Waals surface area contributed by atoms with Crippen LogP contribution in [0.3, 0.4) is 0 Å². The molecule has 116 valence electrons. The molecule has 3 rings (SSSR count). The van der Waals surface area contributed by atoms with Gasteiger partial charge in [0.05, 0.1) is 6.54 Å². The third-order valence-electron chi connectivity index (χ3n) is 4.09. The highest BCUT2D eigenvalue weighted by Crippen LogP contribution is 2.15. The lowest BCUT2D eigenvalue weighted by Gasteiger charge is -2.33. The molecule has 1 atom stereocenters. The number of carbonyl (C=O) groups excluding carboxylic acids is 1. The number of nitrogens with zero attached hydrogens (tertiary/aromatic N) is 1. The molecule has 22 heavy (non-hydrogen) atoms. The molecule has 1 amide bonds. The van der Waals surface area contributed by atoms with Crippen molar-refractivity contribution in [3.05, 3.63) is 59.5 Å². The Bertz CT molecular complexity index is 621. The van der Waals surface area contributed by atoms with Crippen LogP contribution < -0.4 is 5.32 Å². The Morgan fingerprint density at radius 2 is 2.09 bits per heavy atom. The lowest BCUT2D eigenvalue weighted by atomic mass is 10.0. The van der Waals surface area contributed by atoms with Crippen LogP contribution in [0.2, 0.25) is 0 Å². The first-order chi connectivity index (χ1) is 10.7. The second-order valence-electron chi connectivity index (χ2n) is 5.85. The molecule has 1 N–H and O–H groups in total. The summed E-state index contributed by atoms with van der Waals surface area (Å²) in [5, 5.41) is 3.50. The van der Waals surface area contributed by atoms with Gasteiger partial charge in [-0.3, -0.25) is 4.79 Å². The molecular weight excluding hydrogens is 276 g/mol. The first-order valence-electron chi connectivity index (χ1n) is 7.85. The molecule has 4 heteroatoms. The van der Waals surface area contributed by atoms with Gasteiger partial charge in [-0.05, 0) is 44.0 Å². The predicted molar refractivity (Wildman–Crippen MR) is 85.7 cm³/mol. The summed E-state index contributed by atoms with van der Waals surface area (Å²) in [6.45, 7) is 4.26. The molecule has 2 aromatic rings. The van der Waals surface area contributed by atoms with E-state index in [0.717, 1.165) is 43.0 Å². The maximum absolute atomic E-state index is 12.5. The number of hydrogen-bond acceptors (Lipinski definition) is 3. The van der Waals surface area contributed by atoms with Gasteiger partial charge in [0.2, 0.25) is 0 Å². The molecule has 0 aliphatic carbocycles. The number of carbonyl (C=O) groups is 1. The zero-order chi connectivity index (χ0) is 15.4. The van der Waals surface area contributed by atoms with Crippen LogP contribution in [0, 0.1) is 6.92 Å². The molecule has 0 spiro atoms. The highest BCUT2D eigenvalue weighted by atomic mass is 16.3. The number of likely N-dealkylation sites (tertiary alicyclic amines) is 1. The summed E-state index contributed by atoms with van der Waals surface area (Å²) >= 11 is 0. The number of amides is 1. The molecule has 1 fully saturated rings. The number of aryl methyl sites for hydroxylation is 1. The Hall–Kier alpha value is -2.07. The normalized spacial score (nSPS) is 18.4. The van der Waals surface area contributed by atoms with E-state index >= 15 is 0 Å². The largest absolute Gasteiger partial charge is 0.465 e. The summed E-state index contributed by atoms with van der Waals surface area (Å²) in [5.41, 5.74) is 0.768. The Morgan fingerprint density at radius 3 is 2.82 bits per heavy atom. The molecule has 1 aliphatic heterocycles. The number of benzene rings is 1. The summed E-state index contributed by atoms with van der Waals surface area (Å²) in [7, 11) is 0. The molecule has 0 bridgehead atoms. The van der Waals surface area contributed by atoms with E-state index in [0.29, 0.717) is 12.6 Å². The van der Waals surface area contributed by atoms with E-state index < -0.39 is 0 Å². The number of hydrogen-bond donors (Lipinski definition) is 1. The van der Waals surface area contributed by atoms with Crippen molar-refractivity contribution in [2.45, 2.75) is 32.4 Å². The average molecular weight is 298 g/mol. The predicted octanol–water partition coefficient (Wildman–Crippen LogP) is 2.98. The molecule has 1 aromatic carbocycles. The zero-order valence-electron chi connectivity index (χ0n) is 12.9. The highest BCUT2D eigenvalue weighted by Gasteiger charge is 2.24. The van der Waals surface area contributed by atoms with Gasteiger partial charge < -0.3 is 14.6 Å². The third-order valence-corrected chi connectivity index (χ3v) is 4.09. The molecule has 0 saturated carbocycles. The van der Waals surface area contributed by atoms with Crippen molar-refractivity contribution in [1.29, 1.82) is 0 Å². The van der Waals surface area contributed by atoms with Crippen molar-refractivity contribution in [3.63, 3.8) is 0 Å². The number of rotatable bonds is 4. The van der Waals surface area contributed by atoms with Crippen molar-refractivity contribution >= 4 is 5.91 Å². The zero-order valence-corrected chi connectivity index (χ0v) is 12.9. The minimum absolute atomic E-state index is 0.126. The second kappa shape index (κ2) is 6.79. The summed E-state index contributed by atoms with van der Waals surface area (Å²) in [6, 6.07) is 13.8. The number of furan rings is 1. The van der Waals surface area contributed by atoms with Crippen molar-refractivity contribution in [2.75, 3.05) is 13.1 Å². The Balaban J connectivity index is 1.56. The van der Waals surface area contributed by atoms with E-state index in [4.69, 9.17) is 4.42 Å². The van der Waals surface area contributed by atoms with E-state index in [2.05, 4.69) is 5.32 Å². The second-order valence-corrected chi connectivity index (χ2v) is 5.85. The highest BCUT2D eigenvalue weighted by molar-refractivity contribution is 5.94. The fourth-order valence-electron chi connectivity index (χ4n) is 2.92. The average Bonchev–Trinajstić information content (AvgIpc) is 2.99. The standard InChI is InChI=1S/C18H22N2O2/c1-14-9-10-17(22-14)12-19-16-8-5-11-20(13-16)18(21)15-6-3-2-4-7-15/h2-4,6-7,9-10,16,19H,5,8,11-13H2,1H3. The topological polar surface area (TPSA) is 45.5 Å². The monoisotopic (exact) mass is 298 g/mol. The van der Waals surface area contributed by atoms with Crippen molar-refractivity contribution in [2.24, 2.45) is 0 Å². The Labute approximate surface area is 131 Å². The number of piperidine rings is 1.